The van der Waals surface area contributed by atoms with E-state index in [0.717, 1.165) is 5.82 Å². The Morgan fingerprint density at radius 2 is 1.88 bits per heavy atom. The van der Waals surface area contributed by atoms with Crippen molar-refractivity contribution in [3.05, 3.63) is 28.7 Å². The quantitative estimate of drug-likeness (QED) is 0.770. The number of halogens is 1. The predicted molar refractivity (Wildman–Crippen MR) is 65.5 cm³/mol. The lowest BCUT2D eigenvalue weighted by Gasteiger charge is -2.07. The number of hydrogen-bond donors (Lipinski definition) is 0. The maximum atomic E-state index is 5.99. The van der Waals surface area contributed by atoms with E-state index in [1.165, 1.54) is 0 Å². The van der Waals surface area contributed by atoms with Crippen molar-refractivity contribution in [2.75, 3.05) is 0 Å². The van der Waals surface area contributed by atoms with E-state index in [1.807, 2.05) is 27.7 Å². The van der Waals surface area contributed by atoms with Crippen molar-refractivity contribution in [2.24, 2.45) is 0 Å². The van der Waals surface area contributed by atoms with Crippen molar-refractivity contribution in [1.82, 2.24) is 24.7 Å². The van der Waals surface area contributed by atoms with Crippen molar-refractivity contribution >= 4 is 11.6 Å². The summed E-state index contributed by atoms with van der Waals surface area (Å²) in [5, 5.41) is 4.70. The summed E-state index contributed by atoms with van der Waals surface area (Å²) in [6.07, 6.45) is 0. The number of aromatic nitrogens is 5. The molecule has 0 radical (unpaired) electrons. The molecular formula is C11H14ClN5. The molecule has 5 nitrogen and oxygen atoms in total. The Morgan fingerprint density at radius 3 is 2.41 bits per heavy atom. The zero-order valence-electron chi connectivity index (χ0n) is 10.3. The first-order valence-corrected chi connectivity index (χ1v) is 5.80. The first kappa shape index (κ1) is 12.0. The Balaban J connectivity index is 2.55. The van der Waals surface area contributed by atoms with Crippen molar-refractivity contribution in [3.63, 3.8) is 0 Å². The Morgan fingerprint density at radius 1 is 1.18 bits per heavy atom. The lowest BCUT2D eigenvalue weighted by molar-refractivity contribution is 0.734. The molecule has 0 amide bonds. The zero-order chi connectivity index (χ0) is 12.6. The van der Waals surface area contributed by atoms with Gasteiger partial charge in [-0.2, -0.15) is 4.68 Å². The molecule has 0 saturated carbocycles. The van der Waals surface area contributed by atoms with Crippen LogP contribution in [0.25, 0.3) is 5.82 Å². The van der Waals surface area contributed by atoms with E-state index in [2.05, 4.69) is 20.1 Å². The molecule has 0 aliphatic carbocycles. The molecule has 0 saturated heterocycles. The molecule has 0 aliphatic rings. The van der Waals surface area contributed by atoms with Crippen LogP contribution in [0, 0.1) is 13.8 Å². The summed E-state index contributed by atoms with van der Waals surface area (Å²) in [5.74, 6) is 3.08. The normalized spacial score (nSPS) is 11.2. The highest BCUT2D eigenvalue weighted by atomic mass is 35.5. The molecule has 0 fully saturated rings. The van der Waals surface area contributed by atoms with Crippen molar-refractivity contribution in [1.29, 1.82) is 0 Å². The second-order valence-electron chi connectivity index (χ2n) is 4.18. The van der Waals surface area contributed by atoms with Gasteiger partial charge in [0.05, 0.1) is 0 Å². The summed E-state index contributed by atoms with van der Waals surface area (Å²) in [6, 6.07) is 1.69. The van der Waals surface area contributed by atoms with Crippen LogP contribution in [0.2, 0.25) is 5.15 Å². The van der Waals surface area contributed by atoms with Gasteiger partial charge < -0.3 is 0 Å². The van der Waals surface area contributed by atoms with E-state index >= 15 is 0 Å². The summed E-state index contributed by atoms with van der Waals surface area (Å²) in [5.41, 5.74) is 0. The SMILES string of the molecule is Cc1nc(C)n(-c2cc(Cl)nc(C(C)C)n2)n1. The number of aryl methyl sites for hydroxylation is 2. The minimum absolute atomic E-state index is 0.220. The lowest BCUT2D eigenvalue weighted by Crippen LogP contribution is -2.07. The summed E-state index contributed by atoms with van der Waals surface area (Å²) in [4.78, 5) is 12.9. The van der Waals surface area contributed by atoms with Crippen LogP contribution < -0.4 is 0 Å². The topological polar surface area (TPSA) is 56.5 Å². The smallest absolute Gasteiger partial charge is 0.160 e. The molecular weight excluding hydrogens is 238 g/mol. The van der Waals surface area contributed by atoms with Gasteiger partial charge in [-0.05, 0) is 13.8 Å². The van der Waals surface area contributed by atoms with Gasteiger partial charge in [0.15, 0.2) is 5.82 Å². The van der Waals surface area contributed by atoms with Crippen LogP contribution in [0.5, 0.6) is 0 Å². The molecule has 90 valence electrons. The van der Waals surface area contributed by atoms with Crippen molar-refractivity contribution < 1.29 is 0 Å². The molecule has 6 heteroatoms. The molecule has 0 bridgehead atoms. The average molecular weight is 252 g/mol. The van der Waals surface area contributed by atoms with E-state index in [9.17, 15) is 0 Å². The molecule has 0 unspecified atom stereocenters. The van der Waals surface area contributed by atoms with Crippen LogP contribution in [-0.2, 0) is 0 Å². The van der Waals surface area contributed by atoms with Gasteiger partial charge in [0.1, 0.15) is 22.6 Å². The molecule has 17 heavy (non-hydrogen) atoms. The van der Waals surface area contributed by atoms with E-state index in [-0.39, 0.29) is 5.92 Å². The molecule has 2 rings (SSSR count). The number of rotatable bonds is 2. The largest absolute Gasteiger partial charge is 0.221 e. The highest BCUT2D eigenvalue weighted by Gasteiger charge is 2.11. The molecule has 0 atom stereocenters. The Labute approximate surface area is 105 Å². The molecule has 0 spiro atoms. The van der Waals surface area contributed by atoms with Crippen molar-refractivity contribution in [3.8, 4) is 5.82 Å². The van der Waals surface area contributed by atoms with Crippen LogP contribution in [-0.4, -0.2) is 24.7 Å². The summed E-state index contributed by atoms with van der Waals surface area (Å²) < 4.78 is 1.68. The Hall–Kier alpha value is -1.49. The Kier molecular flexibility index (Phi) is 3.11. The fraction of sp³-hybridized carbons (Fsp3) is 0.455. The molecule has 0 aliphatic heterocycles. The summed E-state index contributed by atoms with van der Waals surface area (Å²) >= 11 is 5.99. The van der Waals surface area contributed by atoms with Gasteiger partial charge in [0, 0.05) is 12.0 Å². The van der Waals surface area contributed by atoms with Crippen LogP contribution in [0.15, 0.2) is 6.07 Å². The van der Waals surface area contributed by atoms with Crippen molar-refractivity contribution in [2.45, 2.75) is 33.6 Å². The van der Waals surface area contributed by atoms with Crippen LogP contribution in [0.4, 0.5) is 0 Å². The number of hydrogen-bond acceptors (Lipinski definition) is 4. The highest BCUT2D eigenvalue weighted by Crippen LogP contribution is 2.17. The molecule has 2 aromatic rings. The van der Waals surface area contributed by atoms with Gasteiger partial charge in [0.25, 0.3) is 0 Å². The molecule has 2 aromatic heterocycles. The zero-order valence-corrected chi connectivity index (χ0v) is 11.0. The van der Waals surface area contributed by atoms with Gasteiger partial charge in [-0.25, -0.2) is 15.0 Å². The second kappa shape index (κ2) is 4.41. The maximum Gasteiger partial charge on any atom is 0.160 e. The Bertz CT molecular complexity index is 547. The maximum absolute atomic E-state index is 5.99. The standard InChI is InChI=1S/C11H14ClN5/c1-6(2)11-14-9(12)5-10(15-11)17-8(4)13-7(3)16-17/h5-6H,1-4H3. The monoisotopic (exact) mass is 251 g/mol. The fourth-order valence-corrected chi connectivity index (χ4v) is 1.71. The van der Waals surface area contributed by atoms with Crippen LogP contribution >= 0.6 is 11.6 Å². The first-order chi connectivity index (χ1) is 7.97. The predicted octanol–water partition coefficient (Wildman–Crippen LogP) is 2.45. The van der Waals surface area contributed by atoms with E-state index < -0.39 is 0 Å². The number of nitrogens with zero attached hydrogens (tertiary/aromatic N) is 5. The van der Waals surface area contributed by atoms with Gasteiger partial charge in [0.2, 0.25) is 0 Å². The van der Waals surface area contributed by atoms with Crippen LogP contribution in [0.3, 0.4) is 0 Å². The minimum atomic E-state index is 0.220. The van der Waals surface area contributed by atoms with Gasteiger partial charge >= 0.3 is 0 Å². The minimum Gasteiger partial charge on any atom is -0.221 e. The van der Waals surface area contributed by atoms with E-state index in [4.69, 9.17) is 11.6 Å². The van der Waals surface area contributed by atoms with Gasteiger partial charge in [-0.1, -0.05) is 25.4 Å². The van der Waals surface area contributed by atoms with Gasteiger partial charge in [-0.15, -0.1) is 5.10 Å². The third-order valence-corrected chi connectivity index (χ3v) is 2.50. The third kappa shape index (κ3) is 2.44. The van der Waals surface area contributed by atoms with E-state index in [0.29, 0.717) is 22.6 Å². The second-order valence-corrected chi connectivity index (χ2v) is 4.57. The summed E-state index contributed by atoms with van der Waals surface area (Å²) in [6.45, 7) is 7.77. The average Bonchev–Trinajstić information content (AvgIpc) is 2.57. The highest BCUT2D eigenvalue weighted by molar-refractivity contribution is 6.29. The van der Waals surface area contributed by atoms with Gasteiger partial charge in [-0.3, -0.25) is 0 Å². The van der Waals surface area contributed by atoms with E-state index in [1.54, 1.807) is 10.7 Å². The third-order valence-electron chi connectivity index (χ3n) is 2.31. The lowest BCUT2D eigenvalue weighted by atomic mass is 10.2. The molecule has 2 heterocycles. The van der Waals surface area contributed by atoms with Crippen LogP contribution in [0.1, 0.15) is 37.2 Å². The fourth-order valence-electron chi connectivity index (χ4n) is 1.53. The summed E-state index contributed by atoms with van der Waals surface area (Å²) in [7, 11) is 0. The molecule has 0 aromatic carbocycles. The molecule has 0 N–H and O–H groups in total. The first-order valence-electron chi connectivity index (χ1n) is 5.42.